The van der Waals surface area contributed by atoms with Crippen LogP contribution in [0, 0.1) is 0 Å². The highest BCUT2D eigenvalue weighted by Crippen LogP contribution is 2.10. The number of nitrogens with one attached hydrogen (secondary N) is 2. The van der Waals surface area contributed by atoms with Crippen LogP contribution in [0.3, 0.4) is 0 Å². The van der Waals surface area contributed by atoms with Crippen LogP contribution in [0.25, 0.3) is 0 Å². The van der Waals surface area contributed by atoms with Crippen LogP contribution < -0.4 is 15.4 Å². The molecule has 0 aliphatic heterocycles. The third kappa shape index (κ3) is 5.56. The lowest BCUT2D eigenvalue weighted by Gasteiger charge is -2.18. The predicted molar refractivity (Wildman–Crippen MR) is 81.4 cm³/mol. The molecule has 0 aliphatic carbocycles. The molecule has 1 rings (SSSR count). The number of likely N-dealkylation sites (N-methyl/N-ethyl adjacent to an activating group) is 1. The molecule has 0 saturated heterocycles. The molecule has 0 unspecified atom stereocenters. The van der Waals surface area contributed by atoms with Gasteiger partial charge >= 0.3 is 6.01 Å². The topological polar surface area (TPSA) is 75.2 Å². The molecular formula is C13H26N6O. The quantitative estimate of drug-likeness (QED) is 0.673. The smallest absolute Gasteiger partial charge is 0.323 e. The molecule has 0 radical (unpaired) electrons. The highest BCUT2D eigenvalue weighted by Gasteiger charge is 2.06. The Morgan fingerprint density at radius 1 is 1.05 bits per heavy atom. The number of hydrogen-bond acceptors (Lipinski definition) is 7. The molecule has 0 amide bonds. The molecule has 20 heavy (non-hydrogen) atoms. The van der Waals surface area contributed by atoms with Gasteiger partial charge in [0.25, 0.3) is 0 Å². The number of rotatable bonds is 10. The fourth-order valence-corrected chi connectivity index (χ4v) is 1.67. The first kappa shape index (κ1) is 16.4. The lowest BCUT2D eigenvalue weighted by molar-refractivity contribution is 0.292. The highest BCUT2D eigenvalue weighted by molar-refractivity contribution is 5.35. The molecule has 0 saturated carbocycles. The summed E-state index contributed by atoms with van der Waals surface area (Å²) in [6.45, 7) is 10.8. The number of ether oxygens (including phenoxy) is 1. The van der Waals surface area contributed by atoms with E-state index in [9.17, 15) is 0 Å². The van der Waals surface area contributed by atoms with Crippen molar-refractivity contribution in [3.63, 3.8) is 0 Å². The van der Waals surface area contributed by atoms with Crippen LogP contribution in [0.2, 0.25) is 0 Å². The Balaban J connectivity index is 2.59. The van der Waals surface area contributed by atoms with Crippen molar-refractivity contribution < 1.29 is 4.74 Å². The van der Waals surface area contributed by atoms with E-state index in [1.54, 1.807) is 7.05 Å². The van der Waals surface area contributed by atoms with Crippen LogP contribution in [-0.4, -0.2) is 59.7 Å². The normalized spacial score (nSPS) is 10.7. The minimum Gasteiger partial charge on any atom is -0.463 e. The van der Waals surface area contributed by atoms with Crippen molar-refractivity contribution in [1.82, 2.24) is 19.9 Å². The fraction of sp³-hybridized carbons (Fsp3) is 0.769. The number of anilines is 2. The Bertz CT molecular complexity index is 383. The van der Waals surface area contributed by atoms with E-state index in [4.69, 9.17) is 4.74 Å². The summed E-state index contributed by atoms with van der Waals surface area (Å²) in [5.74, 6) is 1.05. The number of aromatic nitrogens is 3. The van der Waals surface area contributed by atoms with Crippen molar-refractivity contribution in [3.05, 3.63) is 0 Å². The van der Waals surface area contributed by atoms with Gasteiger partial charge in [0.1, 0.15) is 0 Å². The minimum absolute atomic E-state index is 0.358. The summed E-state index contributed by atoms with van der Waals surface area (Å²) in [7, 11) is 1.78. The van der Waals surface area contributed by atoms with Gasteiger partial charge in [0.15, 0.2) is 0 Å². The van der Waals surface area contributed by atoms with Crippen molar-refractivity contribution in [2.75, 3.05) is 50.5 Å². The summed E-state index contributed by atoms with van der Waals surface area (Å²) < 4.78 is 5.46. The number of nitrogens with zero attached hydrogens (tertiary/aromatic N) is 4. The number of hydrogen-bond donors (Lipinski definition) is 2. The molecule has 1 aromatic heterocycles. The average molecular weight is 282 g/mol. The summed E-state index contributed by atoms with van der Waals surface area (Å²) in [6, 6.07) is 0.358. The SMILES string of the molecule is CCCOc1nc(NC)nc(NCCN(CC)CC)n1. The van der Waals surface area contributed by atoms with Crippen LogP contribution in [0.4, 0.5) is 11.9 Å². The van der Waals surface area contributed by atoms with Crippen molar-refractivity contribution in [1.29, 1.82) is 0 Å². The third-order valence-corrected chi connectivity index (χ3v) is 2.88. The van der Waals surface area contributed by atoms with Crippen molar-refractivity contribution in [3.8, 4) is 6.01 Å². The van der Waals surface area contributed by atoms with E-state index in [0.717, 1.165) is 32.6 Å². The fourth-order valence-electron chi connectivity index (χ4n) is 1.67. The van der Waals surface area contributed by atoms with Gasteiger partial charge in [-0.3, -0.25) is 0 Å². The Labute approximate surface area is 121 Å². The standard InChI is InChI=1S/C13H26N6O/c1-5-10-20-13-17-11(14-4)16-12(18-13)15-8-9-19(6-2)7-3/h5-10H2,1-4H3,(H2,14,15,16,17,18). The molecule has 1 heterocycles. The van der Waals surface area contributed by atoms with Gasteiger partial charge in [0, 0.05) is 20.1 Å². The van der Waals surface area contributed by atoms with Gasteiger partial charge in [-0.15, -0.1) is 0 Å². The molecule has 0 atom stereocenters. The van der Waals surface area contributed by atoms with Crippen molar-refractivity contribution in [2.45, 2.75) is 27.2 Å². The maximum absolute atomic E-state index is 5.46. The zero-order valence-electron chi connectivity index (χ0n) is 12.9. The summed E-state index contributed by atoms with van der Waals surface area (Å²) in [6.07, 6.45) is 0.922. The van der Waals surface area contributed by atoms with Gasteiger partial charge in [0.2, 0.25) is 11.9 Å². The van der Waals surface area contributed by atoms with Gasteiger partial charge in [0.05, 0.1) is 6.61 Å². The molecule has 2 N–H and O–H groups in total. The summed E-state index contributed by atoms with van der Waals surface area (Å²) in [4.78, 5) is 15.0. The first-order valence-electron chi connectivity index (χ1n) is 7.26. The Morgan fingerprint density at radius 3 is 2.35 bits per heavy atom. The van der Waals surface area contributed by atoms with Gasteiger partial charge in [-0.1, -0.05) is 20.8 Å². The van der Waals surface area contributed by atoms with Gasteiger partial charge in [-0.25, -0.2) is 0 Å². The molecule has 0 aliphatic rings. The third-order valence-electron chi connectivity index (χ3n) is 2.88. The van der Waals surface area contributed by atoms with Crippen LogP contribution in [-0.2, 0) is 0 Å². The maximum Gasteiger partial charge on any atom is 0.323 e. The monoisotopic (exact) mass is 282 g/mol. The van der Waals surface area contributed by atoms with Crippen LogP contribution >= 0.6 is 0 Å². The van der Waals surface area contributed by atoms with E-state index < -0.39 is 0 Å². The van der Waals surface area contributed by atoms with Crippen LogP contribution in [0.15, 0.2) is 0 Å². The van der Waals surface area contributed by atoms with Crippen LogP contribution in [0.1, 0.15) is 27.2 Å². The lowest BCUT2D eigenvalue weighted by atomic mass is 10.4. The van der Waals surface area contributed by atoms with Gasteiger partial charge < -0.3 is 20.3 Å². The molecule has 7 nitrogen and oxygen atoms in total. The zero-order chi connectivity index (χ0) is 14.8. The molecular weight excluding hydrogens is 256 g/mol. The van der Waals surface area contributed by atoms with E-state index in [2.05, 4.69) is 44.3 Å². The average Bonchev–Trinajstić information content (AvgIpc) is 2.49. The van der Waals surface area contributed by atoms with E-state index in [1.807, 2.05) is 6.92 Å². The molecule has 1 aromatic rings. The van der Waals surface area contributed by atoms with E-state index in [0.29, 0.717) is 24.5 Å². The molecule has 0 fully saturated rings. The highest BCUT2D eigenvalue weighted by atomic mass is 16.5. The maximum atomic E-state index is 5.46. The summed E-state index contributed by atoms with van der Waals surface area (Å²) >= 11 is 0. The molecule has 114 valence electrons. The summed E-state index contributed by atoms with van der Waals surface area (Å²) in [5.41, 5.74) is 0. The largest absolute Gasteiger partial charge is 0.463 e. The predicted octanol–water partition coefficient (Wildman–Crippen LogP) is 1.46. The Kier molecular flexibility index (Phi) is 7.64. The molecule has 0 aromatic carbocycles. The Morgan fingerprint density at radius 2 is 1.75 bits per heavy atom. The van der Waals surface area contributed by atoms with E-state index >= 15 is 0 Å². The van der Waals surface area contributed by atoms with Crippen molar-refractivity contribution >= 4 is 11.9 Å². The second-order valence-corrected chi connectivity index (χ2v) is 4.32. The molecule has 7 heteroatoms. The minimum atomic E-state index is 0.358. The van der Waals surface area contributed by atoms with Crippen LogP contribution in [0.5, 0.6) is 6.01 Å². The van der Waals surface area contributed by atoms with Gasteiger partial charge in [-0.05, 0) is 19.5 Å². The lowest BCUT2D eigenvalue weighted by Crippen LogP contribution is -2.29. The first-order chi connectivity index (χ1) is 9.73. The van der Waals surface area contributed by atoms with E-state index in [1.165, 1.54) is 0 Å². The summed E-state index contributed by atoms with van der Waals surface area (Å²) in [5, 5.41) is 6.12. The van der Waals surface area contributed by atoms with Crippen molar-refractivity contribution in [2.24, 2.45) is 0 Å². The van der Waals surface area contributed by atoms with Gasteiger partial charge in [-0.2, -0.15) is 15.0 Å². The Hall–Kier alpha value is -1.63. The second kappa shape index (κ2) is 9.30. The zero-order valence-corrected chi connectivity index (χ0v) is 12.9. The first-order valence-corrected chi connectivity index (χ1v) is 7.26. The molecule has 0 bridgehead atoms. The molecule has 0 spiro atoms. The van der Waals surface area contributed by atoms with E-state index in [-0.39, 0.29) is 0 Å². The second-order valence-electron chi connectivity index (χ2n) is 4.32.